The van der Waals surface area contributed by atoms with Crippen LogP contribution in [0.1, 0.15) is 31.4 Å². The van der Waals surface area contributed by atoms with Gasteiger partial charge in [-0.2, -0.15) is 13.2 Å². The normalized spacial score (nSPS) is 14.1. The van der Waals surface area contributed by atoms with E-state index in [9.17, 15) is 18.0 Å². The Balaban J connectivity index is 2.06. The average molecular weight is 349 g/mol. The second kappa shape index (κ2) is 6.17. The maximum atomic E-state index is 12.7. The SMILES string of the molecule is CC(C)(CC(=O)C(F)(F)F)c1cc(-c2cccnc2)cc2c1OCC2. The highest BCUT2D eigenvalue weighted by Crippen LogP contribution is 2.43. The summed E-state index contributed by atoms with van der Waals surface area (Å²) in [6, 6.07) is 7.48. The molecule has 3 rings (SSSR count). The van der Waals surface area contributed by atoms with Crippen molar-refractivity contribution in [3.8, 4) is 16.9 Å². The molecule has 0 saturated carbocycles. The van der Waals surface area contributed by atoms with Gasteiger partial charge in [-0.05, 0) is 29.3 Å². The number of nitrogens with zero attached hydrogens (tertiary/aromatic N) is 1. The Labute approximate surface area is 143 Å². The number of ketones is 1. The number of rotatable bonds is 4. The summed E-state index contributed by atoms with van der Waals surface area (Å²) in [7, 11) is 0. The van der Waals surface area contributed by atoms with Gasteiger partial charge in [-0.3, -0.25) is 9.78 Å². The zero-order valence-electron chi connectivity index (χ0n) is 14.0. The van der Waals surface area contributed by atoms with E-state index in [1.165, 1.54) is 0 Å². The Morgan fingerprint density at radius 1 is 1.24 bits per heavy atom. The fourth-order valence-corrected chi connectivity index (χ4v) is 3.11. The van der Waals surface area contributed by atoms with E-state index < -0.39 is 23.8 Å². The Kier molecular flexibility index (Phi) is 4.31. The Bertz CT molecular complexity index is 798. The third-order valence-electron chi connectivity index (χ3n) is 4.43. The number of carbonyl (C=O) groups excluding carboxylic acids is 1. The van der Waals surface area contributed by atoms with Crippen LogP contribution in [0.3, 0.4) is 0 Å². The van der Waals surface area contributed by atoms with Crippen molar-refractivity contribution in [2.24, 2.45) is 0 Å². The average Bonchev–Trinajstić information content (AvgIpc) is 3.01. The van der Waals surface area contributed by atoms with E-state index in [4.69, 9.17) is 4.74 Å². The van der Waals surface area contributed by atoms with Crippen molar-refractivity contribution in [2.75, 3.05) is 6.61 Å². The van der Waals surface area contributed by atoms with Crippen LogP contribution in [-0.2, 0) is 16.6 Å². The van der Waals surface area contributed by atoms with Gasteiger partial charge in [0, 0.05) is 41.8 Å². The zero-order valence-corrected chi connectivity index (χ0v) is 14.0. The molecule has 2 aromatic rings. The molecule has 0 radical (unpaired) electrons. The quantitative estimate of drug-likeness (QED) is 0.817. The first kappa shape index (κ1) is 17.5. The minimum atomic E-state index is -4.83. The van der Waals surface area contributed by atoms with Crippen LogP contribution in [0.15, 0.2) is 36.7 Å². The van der Waals surface area contributed by atoms with Gasteiger partial charge in [0.25, 0.3) is 0 Å². The molecule has 0 unspecified atom stereocenters. The van der Waals surface area contributed by atoms with Crippen molar-refractivity contribution in [3.05, 3.63) is 47.8 Å². The van der Waals surface area contributed by atoms with Crippen molar-refractivity contribution >= 4 is 5.78 Å². The summed E-state index contributed by atoms with van der Waals surface area (Å²) < 4.78 is 43.8. The lowest BCUT2D eigenvalue weighted by Crippen LogP contribution is -2.31. The van der Waals surface area contributed by atoms with Crippen LogP contribution in [0.25, 0.3) is 11.1 Å². The minimum Gasteiger partial charge on any atom is -0.493 e. The lowest BCUT2D eigenvalue weighted by Gasteiger charge is -2.27. The Morgan fingerprint density at radius 3 is 2.64 bits per heavy atom. The molecule has 25 heavy (non-hydrogen) atoms. The molecule has 2 heterocycles. The lowest BCUT2D eigenvalue weighted by molar-refractivity contribution is -0.172. The Hall–Kier alpha value is -2.37. The van der Waals surface area contributed by atoms with Gasteiger partial charge in [0.2, 0.25) is 5.78 Å². The fourth-order valence-electron chi connectivity index (χ4n) is 3.11. The topological polar surface area (TPSA) is 39.2 Å². The smallest absolute Gasteiger partial charge is 0.450 e. The van der Waals surface area contributed by atoms with Crippen molar-refractivity contribution in [3.63, 3.8) is 0 Å². The monoisotopic (exact) mass is 349 g/mol. The van der Waals surface area contributed by atoms with Crippen molar-refractivity contribution in [1.82, 2.24) is 4.98 Å². The largest absolute Gasteiger partial charge is 0.493 e. The predicted molar refractivity (Wildman–Crippen MR) is 87.6 cm³/mol. The van der Waals surface area contributed by atoms with Crippen LogP contribution < -0.4 is 4.74 Å². The highest BCUT2D eigenvalue weighted by atomic mass is 19.4. The number of Topliss-reactive ketones (excluding diaryl/α,β-unsaturated/α-hetero) is 1. The van der Waals surface area contributed by atoms with E-state index in [-0.39, 0.29) is 0 Å². The summed E-state index contributed by atoms with van der Waals surface area (Å²) in [5, 5.41) is 0. The lowest BCUT2D eigenvalue weighted by atomic mass is 9.77. The first-order valence-electron chi connectivity index (χ1n) is 7.99. The number of hydrogen-bond donors (Lipinski definition) is 0. The number of carbonyl (C=O) groups is 1. The number of halogens is 3. The highest BCUT2D eigenvalue weighted by Gasteiger charge is 2.42. The molecule has 1 aromatic carbocycles. The van der Waals surface area contributed by atoms with Gasteiger partial charge in [-0.1, -0.05) is 19.9 Å². The zero-order chi connectivity index (χ0) is 18.2. The first-order valence-corrected chi connectivity index (χ1v) is 7.99. The van der Waals surface area contributed by atoms with E-state index in [1.54, 1.807) is 32.3 Å². The summed E-state index contributed by atoms with van der Waals surface area (Å²) in [6.45, 7) is 3.77. The van der Waals surface area contributed by atoms with Gasteiger partial charge in [0.15, 0.2) is 0 Å². The highest BCUT2D eigenvalue weighted by molar-refractivity contribution is 5.85. The van der Waals surface area contributed by atoms with Gasteiger partial charge in [-0.25, -0.2) is 0 Å². The summed E-state index contributed by atoms with van der Waals surface area (Å²) in [4.78, 5) is 15.6. The van der Waals surface area contributed by atoms with Gasteiger partial charge < -0.3 is 4.74 Å². The molecule has 0 fully saturated rings. The van der Waals surface area contributed by atoms with Crippen LogP contribution >= 0.6 is 0 Å². The van der Waals surface area contributed by atoms with E-state index in [1.807, 2.05) is 18.2 Å². The predicted octanol–water partition coefficient (Wildman–Crippen LogP) is 4.48. The molecule has 0 aliphatic carbocycles. The molecule has 6 heteroatoms. The van der Waals surface area contributed by atoms with Gasteiger partial charge in [-0.15, -0.1) is 0 Å². The number of benzene rings is 1. The molecular formula is C19H18F3NO2. The van der Waals surface area contributed by atoms with Crippen LogP contribution in [-0.4, -0.2) is 23.6 Å². The maximum Gasteiger partial charge on any atom is 0.450 e. The number of fused-ring (bicyclic) bond motifs is 1. The van der Waals surface area contributed by atoms with Crippen LogP contribution in [0.2, 0.25) is 0 Å². The molecule has 0 bridgehead atoms. The molecular weight excluding hydrogens is 331 g/mol. The standard InChI is InChI=1S/C19H18F3NO2/c1-18(2,10-16(24)19(20,21)22)15-9-14(13-4-3-6-23-11-13)8-12-5-7-25-17(12)15/h3-4,6,8-9,11H,5,7,10H2,1-2H3. The Morgan fingerprint density at radius 2 is 2.00 bits per heavy atom. The molecule has 132 valence electrons. The number of pyridine rings is 1. The van der Waals surface area contributed by atoms with Gasteiger partial charge in [0.1, 0.15) is 5.75 Å². The maximum absolute atomic E-state index is 12.7. The summed E-state index contributed by atoms with van der Waals surface area (Å²) in [5.74, 6) is -1.12. The van der Waals surface area contributed by atoms with Gasteiger partial charge in [0.05, 0.1) is 6.61 Å². The molecule has 0 atom stereocenters. The molecule has 1 aromatic heterocycles. The molecule has 0 spiro atoms. The third-order valence-corrected chi connectivity index (χ3v) is 4.43. The van der Waals surface area contributed by atoms with Crippen molar-refractivity contribution in [1.29, 1.82) is 0 Å². The molecule has 1 aliphatic heterocycles. The second-order valence-corrected chi connectivity index (χ2v) is 6.83. The van der Waals surface area contributed by atoms with Crippen LogP contribution in [0, 0.1) is 0 Å². The molecule has 0 N–H and O–H groups in total. The first-order chi connectivity index (χ1) is 11.7. The molecule has 1 aliphatic rings. The van der Waals surface area contributed by atoms with Crippen LogP contribution in [0.5, 0.6) is 5.75 Å². The van der Waals surface area contributed by atoms with E-state index >= 15 is 0 Å². The summed E-state index contributed by atoms with van der Waals surface area (Å²) in [5.41, 5.74) is 2.30. The minimum absolute atomic E-state index is 0.488. The summed E-state index contributed by atoms with van der Waals surface area (Å²) in [6.07, 6.45) is -1.40. The third kappa shape index (κ3) is 3.52. The molecule has 0 saturated heterocycles. The molecule has 0 amide bonds. The fraction of sp³-hybridized carbons (Fsp3) is 0.368. The second-order valence-electron chi connectivity index (χ2n) is 6.83. The number of aromatic nitrogens is 1. The van der Waals surface area contributed by atoms with E-state index in [0.717, 1.165) is 16.7 Å². The van der Waals surface area contributed by atoms with Crippen molar-refractivity contribution < 1.29 is 22.7 Å². The number of ether oxygens (including phenoxy) is 1. The van der Waals surface area contributed by atoms with Crippen molar-refractivity contribution in [2.45, 2.75) is 38.3 Å². The van der Waals surface area contributed by atoms with Crippen LogP contribution in [0.4, 0.5) is 13.2 Å². The van der Waals surface area contributed by atoms with Gasteiger partial charge >= 0.3 is 6.18 Å². The number of hydrogen-bond acceptors (Lipinski definition) is 3. The molecule has 3 nitrogen and oxygen atoms in total. The van der Waals surface area contributed by atoms with E-state index in [0.29, 0.717) is 24.3 Å². The van der Waals surface area contributed by atoms with E-state index in [2.05, 4.69) is 4.98 Å². The summed E-state index contributed by atoms with van der Waals surface area (Å²) >= 11 is 0. The number of alkyl halides is 3.